The van der Waals surface area contributed by atoms with Gasteiger partial charge in [0.1, 0.15) is 11.8 Å². The Morgan fingerprint density at radius 1 is 1.28 bits per heavy atom. The molecule has 1 atom stereocenters. The Bertz CT molecular complexity index is 414. The summed E-state index contributed by atoms with van der Waals surface area (Å²) in [6, 6.07) is 5.72. The molecule has 0 heterocycles. The fraction of sp³-hybridized carbons (Fsp3) is 0.385. The molecule has 0 aromatic heterocycles. The Labute approximate surface area is 106 Å². The minimum atomic E-state index is -1.03. The average molecular weight is 251 g/mol. The minimum Gasteiger partial charge on any atom is -0.494 e. The molecule has 1 amide bonds. The molecular formula is C13H17NO4. The highest BCUT2D eigenvalue weighted by molar-refractivity contribution is 5.96. The van der Waals surface area contributed by atoms with Crippen LogP contribution in [-0.4, -0.2) is 29.6 Å². The summed E-state index contributed by atoms with van der Waals surface area (Å²) in [5, 5.41) is 11.3. The normalized spacial score (nSPS) is 11.7. The largest absolute Gasteiger partial charge is 0.494 e. The summed E-state index contributed by atoms with van der Waals surface area (Å²) < 4.78 is 5.26. The van der Waals surface area contributed by atoms with Gasteiger partial charge in [-0.05, 0) is 37.6 Å². The Balaban J connectivity index is 2.69. The molecule has 0 bridgehead atoms. The molecule has 0 aliphatic carbocycles. The third kappa shape index (κ3) is 3.76. The number of carboxylic acids is 1. The van der Waals surface area contributed by atoms with E-state index in [1.807, 2.05) is 6.92 Å². The zero-order valence-corrected chi connectivity index (χ0v) is 10.5. The third-order valence-corrected chi connectivity index (χ3v) is 2.44. The third-order valence-electron chi connectivity index (χ3n) is 2.44. The van der Waals surface area contributed by atoms with Gasteiger partial charge in [0.05, 0.1) is 6.61 Å². The van der Waals surface area contributed by atoms with E-state index in [2.05, 4.69) is 5.32 Å². The van der Waals surface area contributed by atoms with Crippen molar-refractivity contribution in [3.05, 3.63) is 29.8 Å². The van der Waals surface area contributed by atoms with Crippen molar-refractivity contribution in [2.75, 3.05) is 6.61 Å². The van der Waals surface area contributed by atoms with Crippen LogP contribution in [0.1, 0.15) is 30.6 Å². The van der Waals surface area contributed by atoms with Gasteiger partial charge in [-0.25, -0.2) is 4.79 Å². The maximum atomic E-state index is 11.8. The Hall–Kier alpha value is -2.04. The lowest BCUT2D eigenvalue weighted by molar-refractivity contribution is -0.139. The van der Waals surface area contributed by atoms with Crippen LogP contribution in [0.25, 0.3) is 0 Å². The van der Waals surface area contributed by atoms with Crippen LogP contribution in [-0.2, 0) is 4.79 Å². The SMILES string of the molecule is CCOc1ccc(C(=O)N[C@@H](CC)C(=O)O)cc1. The summed E-state index contributed by atoms with van der Waals surface area (Å²) in [5.74, 6) is -0.747. The molecule has 0 saturated heterocycles. The van der Waals surface area contributed by atoms with E-state index in [0.717, 1.165) is 0 Å². The standard InChI is InChI=1S/C13H17NO4/c1-3-11(13(16)17)14-12(15)9-5-7-10(8-6-9)18-4-2/h5-8,11H,3-4H2,1-2H3,(H,14,15)(H,16,17)/t11-/m0/s1. The molecule has 5 heteroatoms. The van der Waals surface area contributed by atoms with E-state index in [1.165, 1.54) is 0 Å². The zero-order valence-electron chi connectivity index (χ0n) is 10.5. The van der Waals surface area contributed by atoms with Crippen molar-refractivity contribution >= 4 is 11.9 Å². The summed E-state index contributed by atoms with van der Waals surface area (Å²) in [7, 11) is 0. The van der Waals surface area contributed by atoms with Crippen LogP contribution in [0.3, 0.4) is 0 Å². The molecule has 0 aliphatic heterocycles. The molecule has 1 aromatic carbocycles. The number of amides is 1. The lowest BCUT2D eigenvalue weighted by Crippen LogP contribution is -2.40. The first-order chi connectivity index (χ1) is 8.58. The van der Waals surface area contributed by atoms with E-state index in [4.69, 9.17) is 9.84 Å². The first-order valence-corrected chi connectivity index (χ1v) is 5.85. The van der Waals surface area contributed by atoms with Gasteiger partial charge < -0.3 is 15.2 Å². The second kappa shape index (κ2) is 6.64. The molecule has 1 aromatic rings. The number of benzene rings is 1. The molecule has 2 N–H and O–H groups in total. The van der Waals surface area contributed by atoms with Gasteiger partial charge in [-0.15, -0.1) is 0 Å². The molecule has 0 unspecified atom stereocenters. The second-order valence-corrected chi connectivity index (χ2v) is 3.73. The van der Waals surface area contributed by atoms with Crippen LogP contribution in [0.4, 0.5) is 0 Å². The fourth-order valence-corrected chi connectivity index (χ4v) is 1.45. The maximum absolute atomic E-state index is 11.8. The lowest BCUT2D eigenvalue weighted by Gasteiger charge is -2.12. The van der Waals surface area contributed by atoms with Crippen molar-refractivity contribution in [3.8, 4) is 5.75 Å². The predicted octanol–water partition coefficient (Wildman–Crippen LogP) is 1.68. The molecule has 18 heavy (non-hydrogen) atoms. The number of carbonyl (C=O) groups excluding carboxylic acids is 1. The molecular weight excluding hydrogens is 234 g/mol. The molecule has 0 radical (unpaired) electrons. The molecule has 0 aliphatic rings. The highest BCUT2D eigenvalue weighted by Gasteiger charge is 2.18. The topological polar surface area (TPSA) is 75.6 Å². The smallest absolute Gasteiger partial charge is 0.326 e. The van der Waals surface area contributed by atoms with Gasteiger partial charge >= 0.3 is 5.97 Å². The van der Waals surface area contributed by atoms with Crippen molar-refractivity contribution in [1.82, 2.24) is 5.32 Å². The first-order valence-electron chi connectivity index (χ1n) is 5.85. The minimum absolute atomic E-state index is 0.345. The Kier molecular flexibility index (Phi) is 5.17. The Morgan fingerprint density at radius 3 is 2.33 bits per heavy atom. The molecule has 0 saturated carbocycles. The number of carboxylic acid groups (broad SMARTS) is 1. The maximum Gasteiger partial charge on any atom is 0.326 e. The zero-order chi connectivity index (χ0) is 13.5. The predicted molar refractivity (Wildman–Crippen MR) is 66.8 cm³/mol. The van der Waals surface area contributed by atoms with Crippen LogP contribution in [0.5, 0.6) is 5.75 Å². The summed E-state index contributed by atoms with van der Waals surface area (Å²) in [4.78, 5) is 22.6. The van der Waals surface area contributed by atoms with E-state index < -0.39 is 17.9 Å². The van der Waals surface area contributed by atoms with Crippen molar-refractivity contribution in [1.29, 1.82) is 0 Å². The van der Waals surface area contributed by atoms with Gasteiger partial charge in [0.15, 0.2) is 0 Å². The Morgan fingerprint density at radius 2 is 1.89 bits per heavy atom. The van der Waals surface area contributed by atoms with Crippen molar-refractivity contribution in [3.63, 3.8) is 0 Å². The highest BCUT2D eigenvalue weighted by atomic mass is 16.5. The van der Waals surface area contributed by atoms with Gasteiger partial charge in [-0.3, -0.25) is 4.79 Å². The molecule has 0 fully saturated rings. The number of hydrogen-bond donors (Lipinski definition) is 2. The molecule has 0 spiro atoms. The van der Waals surface area contributed by atoms with E-state index in [0.29, 0.717) is 24.3 Å². The van der Waals surface area contributed by atoms with Crippen LogP contribution >= 0.6 is 0 Å². The number of rotatable bonds is 6. The second-order valence-electron chi connectivity index (χ2n) is 3.73. The molecule has 5 nitrogen and oxygen atoms in total. The van der Waals surface area contributed by atoms with Gasteiger partial charge in [0.25, 0.3) is 5.91 Å². The van der Waals surface area contributed by atoms with E-state index in [-0.39, 0.29) is 0 Å². The first kappa shape index (κ1) is 14.0. The summed E-state index contributed by atoms with van der Waals surface area (Å²) >= 11 is 0. The number of nitrogens with one attached hydrogen (secondary N) is 1. The van der Waals surface area contributed by atoms with Gasteiger partial charge in [0, 0.05) is 5.56 Å². The van der Waals surface area contributed by atoms with Crippen molar-refractivity contribution < 1.29 is 19.4 Å². The molecule has 98 valence electrons. The summed E-state index contributed by atoms with van der Waals surface area (Å²) in [6.45, 7) is 4.14. The van der Waals surface area contributed by atoms with E-state index >= 15 is 0 Å². The van der Waals surface area contributed by atoms with Crippen LogP contribution in [0.15, 0.2) is 24.3 Å². The number of aliphatic carboxylic acids is 1. The highest BCUT2D eigenvalue weighted by Crippen LogP contribution is 2.12. The fourth-order valence-electron chi connectivity index (χ4n) is 1.45. The van der Waals surface area contributed by atoms with Crippen LogP contribution in [0.2, 0.25) is 0 Å². The van der Waals surface area contributed by atoms with E-state index in [9.17, 15) is 9.59 Å². The van der Waals surface area contributed by atoms with Gasteiger partial charge in [0.2, 0.25) is 0 Å². The monoisotopic (exact) mass is 251 g/mol. The summed E-state index contributed by atoms with van der Waals surface area (Å²) in [5.41, 5.74) is 0.415. The average Bonchev–Trinajstić information content (AvgIpc) is 2.36. The van der Waals surface area contributed by atoms with E-state index in [1.54, 1.807) is 31.2 Å². The number of ether oxygens (including phenoxy) is 1. The van der Waals surface area contributed by atoms with Crippen molar-refractivity contribution in [2.24, 2.45) is 0 Å². The molecule has 1 rings (SSSR count). The number of hydrogen-bond acceptors (Lipinski definition) is 3. The number of carbonyl (C=O) groups is 2. The lowest BCUT2D eigenvalue weighted by atomic mass is 10.1. The van der Waals surface area contributed by atoms with Crippen molar-refractivity contribution in [2.45, 2.75) is 26.3 Å². The van der Waals surface area contributed by atoms with Crippen LogP contribution in [0, 0.1) is 0 Å². The quantitative estimate of drug-likeness (QED) is 0.806. The van der Waals surface area contributed by atoms with Crippen LogP contribution < -0.4 is 10.1 Å². The van der Waals surface area contributed by atoms with Gasteiger partial charge in [-0.2, -0.15) is 0 Å². The summed E-state index contributed by atoms with van der Waals surface area (Å²) in [6.07, 6.45) is 0.345. The van der Waals surface area contributed by atoms with Gasteiger partial charge in [-0.1, -0.05) is 6.92 Å².